The van der Waals surface area contributed by atoms with Crippen LogP contribution in [0.25, 0.3) is 33.1 Å². The van der Waals surface area contributed by atoms with Gasteiger partial charge in [-0.2, -0.15) is 0 Å². The summed E-state index contributed by atoms with van der Waals surface area (Å²) in [6, 6.07) is 16.9. The quantitative estimate of drug-likeness (QED) is 0.263. The van der Waals surface area contributed by atoms with Crippen molar-refractivity contribution in [1.29, 1.82) is 0 Å². The van der Waals surface area contributed by atoms with Gasteiger partial charge in [-0.15, -0.1) is 4.83 Å². The minimum atomic E-state index is -3.97. The van der Waals surface area contributed by atoms with Crippen LogP contribution in [0, 0.1) is 12.7 Å². The van der Waals surface area contributed by atoms with Crippen LogP contribution in [-0.4, -0.2) is 14.3 Å². The molecular formula is C26H19FN2O6S. The van der Waals surface area contributed by atoms with E-state index in [1.807, 2.05) is 4.83 Å². The molecule has 0 aliphatic heterocycles. The second-order valence-corrected chi connectivity index (χ2v) is 9.82. The summed E-state index contributed by atoms with van der Waals surface area (Å²) in [6.07, 6.45) is 1.13. The predicted octanol–water partition coefficient (Wildman–Crippen LogP) is 4.21. The molecule has 0 aliphatic carbocycles. The van der Waals surface area contributed by atoms with Crippen molar-refractivity contribution in [2.45, 2.75) is 18.2 Å². The van der Waals surface area contributed by atoms with Gasteiger partial charge >= 0.3 is 5.63 Å². The Balaban J connectivity index is 1.46. The van der Waals surface area contributed by atoms with Crippen molar-refractivity contribution in [1.82, 2.24) is 10.3 Å². The number of benzene rings is 3. The van der Waals surface area contributed by atoms with Crippen molar-refractivity contribution in [2.75, 3.05) is 0 Å². The lowest BCUT2D eigenvalue weighted by molar-refractivity contribution is -0.120. The molecule has 0 saturated heterocycles. The number of carbonyl (C=O) groups excluding carboxylic acids is 1. The molecule has 0 bridgehead atoms. The summed E-state index contributed by atoms with van der Waals surface area (Å²) in [7, 11) is -3.97. The first kappa shape index (κ1) is 23.5. The predicted molar refractivity (Wildman–Crippen MR) is 131 cm³/mol. The Kier molecular flexibility index (Phi) is 5.91. The van der Waals surface area contributed by atoms with E-state index in [1.165, 1.54) is 30.5 Å². The average molecular weight is 507 g/mol. The zero-order valence-corrected chi connectivity index (χ0v) is 19.7. The van der Waals surface area contributed by atoms with Gasteiger partial charge in [0, 0.05) is 22.4 Å². The van der Waals surface area contributed by atoms with Gasteiger partial charge in [0.15, 0.2) is 0 Å². The van der Waals surface area contributed by atoms with Gasteiger partial charge in [0.1, 0.15) is 17.0 Å². The minimum absolute atomic E-state index is 0.0206. The molecule has 0 atom stereocenters. The first-order chi connectivity index (χ1) is 17.2. The van der Waals surface area contributed by atoms with Crippen molar-refractivity contribution in [3.05, 3.63) is 100 Å². The van der Waals surface area contributed by atoms with Gasteiger partial charge in [0.05, 0.1) is 23.1 Å². The molecular weight excluding hydrogens is 487 g/mol. The van der Waals surface area contributed by atoms with E-state index < -0.39 is 28.0 Å². The lowest BCUT2D eigenvalue weighted by Crippen LogP contribution is -2.42. The highest BCUT2D eigenvalue weighted by Gasteiger charge is 2.19. The Morgan fingerprint density at radius 1 is 0.972 bits per heavy atom. The Morgan fingerprint density at radius 2 is 1.69 bits per heavy atom. The summed E-state index contributed by atoms with van der Waals surface area (Å²) in [5.74, 6) is -1.09. The molecule has 2 N–H and O–H groups in total. The van der Waals surface area contributed by atoms with Crippen LogP contribution in [0.15, 0.2) is 91.5 Å². The number of rotatable bonds is 6. The molecule has 3 aromatic carbocycles. The van der Waals surface area contributed by atoms with Crippen LogP contribution < -0.4 is 15.9 Å². The number of furan rings is 1. The van der Waals surface area contributed by atoms with Gasteiger partial charge in [-0.25, -0.2) is 17.6 Å². The summed E-state index contributed by atoms with van der Waals surface area (Å²) in [4.78, 5) is 27.2. The molecule has 5 aromatic rings. The summed E-state index contributed by atoms with van der Waals surface area (Å²) >= 11 is 0. The van der Waals surface area contributed by atoms with E-state index in [0.29, 0.717) is 16.5 Å². The fourth-order valence-electron chi connectivity index (χ4n) is 3.95. The van der Waals surface area contributed by atoms with Gasteiger partial charge in [0.2, 0.25) is 5.91 Å². The Bertz CT molecular complexity index is 1780. The normalized spacial score (nSPS) is 11.7. The lowest BCUT2D eigenvalue weighted by atomic mass is 9.99. The first-order valence-corrected chi connectivity index (χ1v) is 12.3. The number of hydrogen-bond donors (Lipinski definition) is 2. The molecule has 0 fully saturated rings. The molecule has 0 unspecified atom stereocenters. The van der Waals surface area contributed by atoms with E-state index in [2.05, 4.69) is 5.43 Å². The zero-order valence-electron chi connectivity index (χ0n) is 18.9. The van der Waals surface area contributed by atoms with E-state index >= 15 is 0 Å². The fraction of sp³-hybridized carbons (Fsp3) is 0.0769. The van der Waals surface area contributed by atoms with E-state index in [-0.39, 0.29) is 21.9 Å². The summed E-state index contributed by atoms with van der Waals surface area (Å²) < 4.78 is 49.1. The molecule has 0 spiro atoms. The van der Waals surface area contributed by atoms with Crippen LogP contribution >= 0.6 is 0 Å². The zero-order chi connectivity index (χ0) is 25.4. The molecule has 2 aromatic heterocycles. The fourth-order valence-corrected chi connectivity index (χ4v) is 4.84. The smallest absolute Gasteiger partial charge is 0.340 e. The lowest BCUT2D eigenvalue weighted by Gasteiger charge is -2.10. The number of carbonyl (C=O) groups is 1. The Hall–Kier alpha value is -4.28. The highest BCUT2D eigenvalue weighted by Crippen LogP contribution is 2.34. The highest BCUT2D eigenvalue weighted by atomic mass is 32.2. The highest BCUT2D eigenvalue weighted by molar-refractivity contribution is 7.89. The molecule has 1 amide bonds. The Morgan fingerprint density at radius 3 is 2.42 bits per heavy atom. The van der Waals surface area contributed by atoms with Crippen molar-refractivity contribution in [3.8, 4) is 11.1 Å². The van der Waals surface area contributed by atoms with Gasteiger partial charge in [0.25, 0.3) is 10.0 Å². The van der Waals surface area contributed by atoms with Crippen molar-refractivity contribution >= 4 is 37.9 Å². The van der Waals surface area contributed by atoms with Crippen LogP contribution in [0.2, 0.25) is 0 Å². The summed E-state index contributed by atoms with van der Waals surface area (Å²) in [6.45, 7) is 1.68. The molecule has 0 saturated carbocycles. The molecule has 10 heteroatoms. The number of sulfonamides is 1. The van der Waals surface area contributed by atoms with Gasteiger partial charge in [-0.05, 0) is 48.4 Å². The van der Waals surface area contributed by atoms with Gasteiger partial charge in [-0.3, -0.25) is 10.2 Å². The van der Waals surface area contributed by atoms with Gasteiger partial charge in [-0.1, -0.05) is 30.3 Å². The van der Waals surface area contributed by atoms with E-state index in [1.54, 1.807) is 49.4 Å². The van der Waals surface area contributed by atoms with Crippen LogP contribution in [0.4, 0.5) is 4.39 Å². The number of halogens is 1. The van der Waals surface area contributed by atoms with Crippen LogP contribution in [0.5, 0.6) is 0 Å². The monoisotopic (exact) mass is 506 g/mol. The van der Waals surface area contributed by atoms with Crippen LogP contribution in [0.3, 0.4) is 0 Å². The minimum Gasteiger partial charge on any atom is -0.464 e. The maximum atomic E-state index is 13.4. The Labute approximate surface area is 204 Å². The van der Waals surface area contributed by atoms with Crippen molar-refractivity contribution in [3.63, 3.8) is 0 Å². The standard InChI is InChI=1S/C26H19FN2O6S/c1-15-19-11-21-22(16-7-9-17(27)10-8-16)14-34-23(21)13-24(19)35-26(31)20(15)12-25(30)28-29-36(32,33)18-5-3-2-4-6-18/h2-11,13-14,29H,12H2,1H3,(H,28,30). The number of nitrogens with one attached hydrogen (secondary N) is 2. The van der Waals surface area contributed by atoms with Crippen molar-refractivity contribution < 1.29 is 26.4 Å². The maximum Gasteiger partial charge on any atom is 0.340 e. The topological polar surface area (TPSA) is 119 Å². The average Bonchev–Trinajstić information content (AvgIpc) is 3.28. The molecule has 36 heavy (non-hydrogen) atoms. The molecule has 2 heterocycles. The van der Waals surface area contributed by atoms with Crippen molar-refractivity contribution in [2.24, 2.45) is 0 Å². The third-order valence-electron chi connectivity index (χ3n) is 5.85. The van der Waals surface area contributed by atoms with E-state index in [9.17, 15) is 22.4 Å². The molecule has 8 nitrogen and oxygen atoms in total. The maximum absolute atomic E-state index is 13.4. The number of aryl methyl sites for hydroxylation is 1. The summed E-state index contributed by atoms with van der Waals surface area (Å²) in [5, 5.41) is 1.30. The second kappa shape index (κ2) is 9.06. The first-order valence-electron chi connectivity index (χ1n) is 10.8. The molecule has 5 rings (SSSR count). The SMILES string of the molecule is Cc1c(CC(=O)NNS(=O)(=O)c2ccccc2)c(=O)oc2cc3occ(-c4ccc(F)cc4)c3cc12. The number of fused-ring (bicyclic) bond motifs is 2. The van der Waals surface area contributed by atoms with E-state index in [4.69, 9.17) is 8.83 Å². The number of amides is 1. The van der Waals surface area contributed by atoms with Crippen LogP contribution in [0.1, 0.15) is 11.1 Å². The second-order valence-electron chi connectivity index (χ2n) is 8.14. The molecule has 0 radical (unpaired) electrons. The third kappa shape index (κ3) is 4.39. The summed E-state index contributed by atoms with van der Waals surface area (Å²) in [5.41, 5.74) is 4.24. The third-order valence-corrected chi connectivity index (χ3v) is 7.12. The largest absolute Gasteiger partial charge is 0.464 e. The number of hydrogen-bond acceptors (Lipinski definition) is 6. The number of hydrazine groups is 1. The van der Waals surface area contributed by atoms with Gasteiger partial charge < -0.3 is 8.83 Å². The van der Waals surface area contributed by atoms with E-state index in [0.717, 1.165) is 16.5 Å². The van der Waals surface area contributed by atoms with Crippen LogP contribution in [-0.2, 0) is 21.2 Å². The molecule has 0 aliphatic rings. The molecule has 182 valence electrons.